The van der Waals surface area contributed by atoms with Gasteiger partial charge in [0.25, 0.3) is 0 Å². The fourth-order valence-electron chi connectivity index (χ4n) is 2.69. The van der Waals surface area contributed by atoms with Gasteiger partial charge in [-0.05, 0) is 31.9 Å². The molecular weight excluding hydrogens is 296 g/mol. The highest BCUT2D eigenvalue weighted by Crippen LogP contribution is 2.35. The second-order valence-electron chi connectivity index (χ2n) is 5.78. The molecule has 0 radical (unpaired) electrons. The summed E-state index contributed by atoms with van der Waals surface area (Å²) in [6.07, 6.45) is 2.94. The molecular formula is C16H18N4O3. The zero-order valence-corrected chi connectivity index (χ0v) is 12.7. The Bertz CT molecular complexity index is 713. The summed E-state index contributed by atoms with van der Waals surface area (Å²) in [5.41, 5.74) is 1.52. The van der Waals surface area contributed by atoms with Crippen molar-refractivity contribution in [2.45, 2.75) is 25.8 Å². The minimum absolute atomic E-state index is 0.231. The van der Waals surface area contributed by atoms with E-state index < -0.39 is 17.8 Å². The zero-order chi connectivity index (χ0) is 16.4. The van der Waals surface area contributed by atoms with Gasteiger partial charge in [0.15, 0.2) is 0 Å². The molecule has 7 heteroatoms. The minimum atomic E-state index is -0.904. The number of rotatable bonds is 5. The molecule has 1 amide bonds. The van der Waals surface area contributed by atoms with Crippen LogP contribution in [0.4, 0.5) is 0 Å². The third-order valence-electron chi connectivity index (χ3n) is 4.26. The number of hydrogen-bond acceptors (Lipinski definition) is 4. The van der Waals surface area contributed by atoms with Gasteiger partial charge >= 0.3 is 5.97 Å². The number of carbonyl (C=O) groups excluding carboxylic acids is 1. The van der Waals surface area contributed by atoms with Crippen molar-refractivity contribution in [1.29, 1.82) is 0 Å². The molecule has 1 heterocycles. The molecule has 3 rings (SSSR count). The standard InChI is InChI=1S/C16H18N4O3/c1-10(17-15(21)12-7-8-13(12)16(22)23)14-9-20(19-18-14)11-5-3-2-4-6-11/h2-6,9-10,12-13H,7-8H2,1H3,(H,17,21)(H,22,23). The summed E-state index contributed by atoms with van der Waals surface area (Å²) < 4.78 is 1.64. The molecule has 0 bridgehead atoms. The molecule has 120 valence electrons. The second kappa shape index (κ2) is 6.20. The molecule has 0 aliphatic heterocycles. The van der Waals surface area contributed by atoms with Crippen molar-refractivity contribution in [2.75, 3.05) is 0 Å². The van der Waals surface area contributed by atoms with Crippen LogP contribution < -0.4 is 5.32 Å². The molecule has 3 unspecified atom stereocenters. The van der Waals surface area contributed by atoms with Crippen LogP contribution in [-0.4, -0.2) is 32.0 Å². The molecule has 0 saturated heterocycles. The van der Waals surface area contributed by atoms with E-state index in [9.17, 15) is 9.59 Å². The van der Waals surface area contributed by atoms with Crippen LogP contribution in [0.2, 0.25) is 0 Å². The number of aromatic nitrogens is 3. The molecule has 2 aromatic rings. The van der Waals surface area contributed by atoms with Gasteiger partial charge in [-0.2, -0.15) is 0 Å². The molecule has 1 aromatic heterocycles. The first kappa shape index (κ1) is 15.2. The van der Waals surface area contributed by atoms with E-state index in [2.05, 4.69) is 15.6 Å². The van der Waals surface area contributed by atoms with Crippen LogP contribution in [0.3, 0.4) is 0 Å². The number of carbonyl (C=O) groups is 2. The summed E-state index contributed by atoms with van der Waals surface area (Å²) in [5, 5.41) is 20.0. The highest BCUT2D eigenvalue weighted by Gasteiger charge is 2.41. The lowest BCUT2D eigenvalue weighted by atomic mass is 9.73. The van der Waals surface area contributed by atoms with Crippen LogP contribution in [0.15, 0.2) is 36.5 Å². The molecule has 23 heavy (non-hydrogen) atoms. The predicted molar refractivity (Wildman–Crippen MR) is 81.8 cm³/mol. The first-order valence-electron chi connectivity index (χ1n) is 7.57. The maximum atomic E-state index is 12.2. The molecule has 0 spiro atoms. The number of amides is 1. The Morgan fingerprint density at radius 2 is 1.96 bits per heavy atom. The minimum Gasteiger partial charge on any atom is -0.481 e. The first-order chi connectivity index (χ1) is 11.1. The van der Waals surface area contributed by atoms with Crippen LogP contribution in [0.1, 0.15) is 31.5 Å². The van der Waals surface area contributed by atoms with Gasteiger partial charge in [-0.25, -0.2) is 4.68 Å². The number of para-hydroxylation sites is 1. The predicted octanol–water partition coefficient (Wildman–Crippen LogP) is 1.56. The number of benzene rings is 1. The van der Waals surface area contributed by atoms with Crippen molar-refractivity contribution >= 4 is 11.9 Å². The highest BCUT2D eigenvalue weighted by atomic mass is 16.4. The largest absolute Gasteiger partial charge is 0.481 e. The summed E-state index contributed by atoms with van der Waals surface area (Å²) in [7, 11) is 0. The Balaban J connectivity index is 1.65. The molecule has 1 saturated carbocycles. The summed E-state index contributed by atoms with van der Waals surface area (Å²) >= 11 is 0. The summed E-state index contributed by atoms with van der Waals surface area (Å²) in [5.74, 6) is -2.15. The Hall–Kier alpha value is -2.70. The number of carboxylic acids is 1. The van der Waals surface area contributed by atoms with Gasteiger partial charge in [-0.1, -0.05) is 23.4 Å². The quantitative estimate of drug-likeness (QED) is 0.873. The maximum absolute atomic E-state index is 12.2. The lowest BCUT2D eigenvalue weighted by Crippen LogP contribution is -2.44. The molecule has 7 nitrogen and oxygen atoms in total. The average molecular weight is 314 g/mol. The van der Waals surface area contributed by atoms with Crippen molar-refractivity contribution in [1.82, 2.24) is 20.3 Å². The molecule has 1 aliphatic rings. The number of aliphatic carboxylic acids is 1. The Labute approximate surface area is 133 Å². The van der Waals surface area contributed by atoms with Crippen molar-refractivity contribution in [2.24, 2.45) is 11.8 Å². The van der Waals surface area contributed by atoms with Crippen molar-refractivity contribution in [3.8, 4) is 5.69 Å². The smallest absolute Gasteiger partial charge is 0.307 e. The van der Waals surface area contributed by atoms with E-state index in [1.54, 1.807) is 10.9 Å². The number of nitrogens with one attached hydrogen (secondary N) is 1. The SMILES string of the molecule is CC(NC(=O)C1CCC1C(=O)O)c1cn(-c2ccccc2)nn1. The van der Waals surface area contributed by atoms with Crippen LogP contribution >= 0.6 is 0 Å². The molecule has 1 fully saturated rings. The van der Waals surface area contributed by atoms with Gasteiger partial charge in [-0.15, -0.1) is 5.10 Å². The third kappa shape index (κ3) is 3.08. The summed E-state index contributed by atoms with van der Waals surface area (Å²) in [4.78, 5) is 23.2. The van der Waals surface area contributed by atoms with Gasteiger partial charge < -0.3 is 10.4 Å². The lowest BCUT2D eigenvalue weighted by Gasteiger charge is -2.32. The van der Waals surface area contributed by atoms with E-state index in [4.69, 9.17) is 5.11 Å². The zero-order valence-electron chi connectivity index (χ0n) is 12.7. The Kier molecular flexibility index (Phi) is 4.10. The molecule has 1 aliphatic carbocycles. The highest BCUT2D eigenvalue weighted by molar-refractivity contribution is 5.86. The maximum Gasteiger partial charge on any atom is 0.307 e. The van der Waals surface area contributed by atoms with Crippen molar-refractivity contribution in [3.63, 3.8) is 0 Å². The number of carboxylic acid groups (broad SMARTS) is 1. The van der Waals surface area contributed by atoms with E-state index in [0.717, 1.165) is 5.69 Å². The summed E-state index contributed by atoms with van der Waals surface area (Å²) in [6.45, 7) is 1.81. The Morgan fingerprint density at radius 1 is 1.26 bits per heavy atom. The molecule has 1 aromatic carbocycles. The fraction of sp³-hybridized carbons (Fsp3) is 0.375. The first-order valence-corrected chi connectivity index (χ1v) is 7.57. The molecule has 3 atom stereocenters. The van der Waals surface area contributed by atoms with Crippen LogP contribution in [0, 0.1) is 11.8 Å². The Morgan fingerprint density at radius 3 is 2.57 bits per heavy atom. The monoisotopic (exact) mass is 314 g/mol. The van der Waals surface area contributed by atoms with Crippen LogP contribution in [0.5, 0.6) is 0 Å². The van der Waals surface area contributed by atoms with Crippen LogP contribution in [0.25, 0.3) is 5.69 Å². The summed E-state index contributed by atoms with van der Waals surface area (Å²) in [6, 6.07) is 9.23. The lowest BCUT2D eigenvalue weighted by molar-refractivity contribution is -0.152. The van der Waals surface area contributed by atoms with E-state index in [1.165, 1.54) is 0 Å². The number of hydrogen-bond donors (Lipinski definition) is 2. The van der Waals surface area contributed by atoms with Crippen LogP contribution in [-0.2, 0) is 9.59 Å². The second-order valence-corrected chi connectivity index (χ2v) is 5.78. The topological polar surface area (TPSA) is 97.1 Å². The van der Waals surface area contributed by atoms with E-state index in [-0.39, 0.29) is 11.9 Å². The normalized spacial score (nSPS) is 21.3. The van der Waals surface area contributed by atoms with Gasteiger partial charge in [0, 0.05) is 0 Å². The van der Waals surface area contributed by atoms with Gasteiger partial charge in [0.2, 0.25) is 5.91 Å². The van der Waals surface area contributed by atoms with E-state index >= 15 is 0 Å². The van der Waals surface area contributed by atoms with Crippen molar-refractivity contribution in [3.05, 3.63) is 42.2 Å². The van der Waals surface area contributed by atoms with Gasteiger partial charge in [0.05, 0.1) is 29.8 Å². The van der Waals surface area contributed by atoms with E-state index in [1.807, 2.05) is 37.3 Å². The van der Waals surface area contributed by atoms with Gasteiger partial charge in [0.1, 0.15) is 5.69 Å². The fourth-order valence-corrected chi connectivity index (χ4v) is 2.69. The van der Waals surface area contributed by atoms with E-state index in [0.29, 0.717) is 18.5 Å². The third-order valence-corrected chi connectivity index (χ3v) is 4.26. The average Bonchev–Trinajstić information content (AvgIpc) is 2.96. The van der Waals surface area contributed by atoms with Crippen molar-refractivity contribution < 1.29 is 14.7 Å². The molecule has 2 N–H and O–H groups in total. The van der Waals surface area contributed by atoms with Gasteiger partial charge in [-0.3, -0.25) is 9.59 Å². The number of nitrogens with zero attached hydrogens (tertiary/aromatic N) is 3.